The second-order valence-electron chi connectivity index (χ2n) is 4.68. The largest absolute Gasteiger partial charge is 0.486 e. The number of hydrogen-bond donors (Lipinski definition) is 1. The van der Waals surface area contributed by atoms with Gasteiger partial charge in [0, 0.05) is 36.2 Å². The van der Waals surface area contributed by atoms with Gasteiger partial charge in [0.15, 0.2) is 11.5 Å². The van der Waals surface area contributed by atoms with Crippen LogP contribution in [0.5, 0.6) is 11.5 Å². The lowest BCUT2D eigenvalue weighted by Gasteiger charge is -2.34. The molecule has 18 heavy (non-hydrogen) atoms. The molecule has 0 bridgehead atoms. The Morgan fingerprint density at radius 1 is 1.28 bits per heavy atom. The van der Waals surface area contributed by atoms with Crippen LogP contribution >= 0.6 is 11.8 Å². The van der Waals surface area contributed by atoms with Crippen molar-refractivity contribution in [3.63, 3.8) is 0 Å². The van der Waals surface area contributed by atoms with Gasteiger partial charge in [-0.2, -0.15) is 11.8 Å². The first-order chi connectivity index (χ1) is 8.74. The first kappa shape index (κ1) is 11.8. The molecule has 3 rings (SSSR count). The smallest absolute Gasteiger partial charge is 0.163 e. The molecule has 1 fully saturated rings. The number of thioether (sulfide) groups is 1. The quantitative estimate of drug-likeness (QED) is 0.788. The molecule has 0 amide bonds. The van der Waals surface area contributed by atoms with Crippen molar-refractivity contribution in [3.8, 4) is 11.5 Å². The Hall–Kier alpha value is -1.23. The van der Waals surface area contributed by atoms with E-state index in [2.05, 4.69) is 11.8 Å². The number of nitrogens with zero attached hydrogens (tertiary/aromatic N) is 1. The van der Waals surface area contributed by atoms with Crippen molar-refractivity contribution < 1.29 is 9.47 Å². The molecule has 0 spiro atoms. The molecule has 2 aliphatic heterocycles. The van der Waals surface area contributed by atoms with E-state index in [1.165, 1.54) is 0 Å². The summed E-state index contributed by atoms with van der Waals surface area (Å²) in [7, 11) is 0. The second kappa shape index (κ2) is 4.80. The number of benzene rings is 1. The van der Waals surface area contributed by atoms with Crippen LogP contribution in [0.4, 0.5) is 11.4 Å². The molecule has 1 aromatic rings. The fourth-order valence-corrected chi connectivity index (χ4v) is 3.42. The topological polar surface area (TPSA) is 47.7 Å². The number of nitrogens with two attached hydrogens (primary N) is 1. The van der Waals surface area contributed by atoms with Crippen LogP contribution in [0.15, 0.2) is 12.1 Å². The summed E-state index contributed by atoms with van der Waals surface area (Å²) in [4.78, 5) is 2.34. The van der Waals surface area contributed by atoms with Crippen molar-refractivity contribution in [2.45, 2.75) is 12.2 Å². The van der Waals surface area contributed by atoms with Gasteiger partial charge in [-0.3, -0.25) is 0 Å². The summed E-state index contributed by atoms with van der Waals surface area (Å²) in [6, 6.07) is 3.91. The SMILES string of the molecule is CC1CN(c2cc3c(cc2N)OCCO3)CCS1. The Morgan fingerprint density at radius 3 is 2.72 bits per heavy atom. The van der Waals surface area contributed by atoms with Crippen molar-refractivity contribution in [2.24, 2.45) is 0 Å². The van der Waals surface area contributed by atoms with Crippen LogP contribution in [0, 0.1) is 0 Å². The first-order valence-corrected chi connectivity index (χ1v) is 7.34. The third-order valence-electron chi connectivity index (χ3n) is 3.27. The standard InChI is InChI=1S/C13H18N2O2S/c1-9-8-15(2-5-18-9)11-7-13-12(6-10(11)14)16-3-4-17-13/h6-7,9H,2-5,8,14H2,1H3. The number of fused-ring (bicyclic) bond motifs is 1. The van der Waals surface area contributed by atoms with Crippen LogP contribution < -0.4 is 20.1 Å². The lowest BCUT2D eigenvalue weighted by Crippen LogP contribution is -2.37. The number of ether oxygens (including phenoxy) is 2. The summed E-state index contributed by atoms with van der Waals surface area (Å²) >= 11 is 2.01. The maximum Gasteiger partial charge on any atom is 0.163 e. The van der Waals surface area contributed by atoms with E-state index in [4.69, 9.17) is 15.2 Å². The lowest BCUT2D eigenvalue weighted by atomic mass is 10.2. The molecule has 0 aliphatic carbocycles. The summed E-state index contributed by atoms with van der Waals surface area (Å²) in [6.45, 7) is 5.55. The van der Waals surface area contributed by atoms with E-state index in [-0.39, 0.29) is 0 Å². The summed E-state index contributed by atoms with van der Waals surface area (Å²) in [5.74, 6) is 2.73. The van der Waals surface area contributed by atoms with Gasteiger partial charge in [-0.1, -0.05) is 6.92 Å². The Morgan fingerprint density at radius 2 is 2.00 bits per heavy atom. The van der Waals surface area contributed by atoms with Crippen LogP contribution in [-0.2, 0) is 0 Å². The van der Waals surface area contributed by atoms with Crippen molar-refractivity contribution >= 4 is 23.1 Å². The summed E-state index contributed by atoms with van der Waals surface area (Å²) in [6.07, 6.45) is 0. The second-order valence-corrected chi connectivity index (χ2v) is 6.23. The Labute approximate surface area is 111 Å². The van der Waals surface area contributed by atoms with E-state index < -0.39 is 0 Å². The minimum absolute atomic E-state index is 0.600. The zero-order valence-corrected chi connectivity index (χ0v) is 11.3. The van der Waals surface area contributed by atoms with Crippen LogP contribution in [0.2, 0.25) is 0 Å². The molecule has 5 heteroatoms. The first-order valence-electron chi connectivity index (χ1n) is 6.30. The van der Waals surface area contributed by atoms with Crippen molar-refractivity contribution in [3.05, 3.63) is 12.1 Å². The minimum atomic E-state index is 0.600. The van der Waals surface area contributed by atoms with Gasteiger partial charge in [0.1, 0.15) is 13.2 Å². The molecule has 2 heterocycles. The van der Waals surface area contributed by atoms with E-state index in [0.717, 1.165) is 41.7 Å². The molecule has 4 nitrogen and oxygen atoms in total. The predicted octanol–water partition coefficient (Wildman–Crippen LogP) is 1.98. The van der Waals surface area contributed by atoms with Gasteiger partial charge >= 0.3 is 0 Å². The molecular weight excluding hydrogens is 248 g/mol. The van der Waals surface area contributed by atoms with Crippen molar-refractivity contribution in [2.75, 3.05) is 42.7 Å². The van der Waals surface area contributed by atoms with Gasteiger partial charge in [-0.15, -0.1) is 0 Å². The minimum Gasteiger partial charge on any atom is -0.486 e. The molecule has 98 valence electrons. The Kier molecular flexibility index (Phi) is 3.16. The van der Waals surface area contributed by atoms with E-state index >= 15 is 0 Å². The molecule has 2 N–H and O–H groups in total. The van der Waals surface area contributed by atoms with E-state index in [1.54, 1.807) is 0 Å². The number of anilines is 2. The number of nitrogen functional groups attached to an aromatic ring is 1. The van der Waals surface area contributed by atoms with E-state index in [1.807, 2.05) is 23.9 Å². The van der Waals surface area contributed by atoms with Gasteiger partial charge in [0.2, 0.25) is 0 Å². The highest BCUT2D eigenvalue weighted by atomic mass is 32.2. The van der Waals surface area contributed by atoms with Gasteiger partial charge in [0.25, 0.3) is 0 Å². The zero-order valence-electron chi connectivity index (χ0n) is 10.5. The van der Waals surface area contributed by atoms with Gasteiger partial charge in [0.05, 0.1) is 11.4 Å². The fourth-order valence-electron chi connectivity index (χ4n) is 2.40. The molecule has 0 saturated carbocycles. The van der Waals surface area contributed by atoms with Crippen LogP contribution in [-0.4, -0.2) is 37.3 Å². The number of hydrogen-bond acceptors (Lipinski definition) is 5. The molecule has 1 atom stereocenters. The molecule has 0 radical (unpaired) electrons. The molecule has 1 aromatic carbocycles. The highest BCUT2D eigenvalue weighted by Gasteiger charge is 2.22. The zero-order chi connectivity index (χ0) is 12.5. The average Bonchev–Trinajstić information content (AvgIpc) is 2.38. The molecule has 1 unspecified atom stereocenters. The van der Waals surface area contributed by atoms with Crippen molar-refractivity contribution in [1.82, 2.24) is 0 Å². The van der Waals surface area contributed by atoms with Gasteiger partial charge in [-0.25, -0.2) is 0 Å². The number of rotatable bonds is 1. The van der Waals surface area contributed by atoms with Gasteiger partial charge < -0.3 is 20.1 Å². The molecule has 1 saturated heterocycles. The Balaban J connectivity index is 1.91. The van der Waals surface area contributed by atoms with Gasteiger partial charge in [-0.05, 0) is 0 Å². The maximum absolute atomic E-state index is 6.14. The Bertz CT molecular complexity index is 453. The average molecular weight is 266 g/mol. The molecule has 0 aromatic heterocycles. The monoisotopic (exact) mass is 266 g/mol. The summed E-state index contributed by atoms with van der Waals surface area (Å²) in [5.41, 5.74) is 7.99. The predicted molar refractivity (Wildman–Crippen MR) is 76.0 cm³/mol. The third kappa shape index (κ3) is 2.19. The lowest BCUT2D eigenvalue weighted by molar-refractivity contribution is 0.172. The van der Waals surface area contributed by atoms with E-state index in [9.17, 15) is 0 Å². The highest BCUT2D eigenvalue weighted by molar-refractivity contribution is 8.00. The van der Waals surface area contributed by atoms with Crippen LogP contribution in [0.25, 0.3) is 0 Å². The third-order valence-corrected chi connectivity index (χ3v) is 4.41. The summed E-state index contributed by atoms with van der Waals surface area (Å²) < 4.78 is 11.2. The fraction of sp³-hybridized carbons (Fsp3) is 0.538. The normalized spacial score (nSPS) is 22.9. The molecule has 2 aliphatic rings. The highest BCUT2D eigenvalue weighted by Crippen LogP contribution is 2.39. The van der Waals surface area contributed by atoms with Crippen LogP contribution in [0.3, 0.4) is 0 Å². The van der Waals surface area contributed by atoms with E-state index in [0.29, 0.717) is 18.5 Å². The van der Waals surface area contributed by atoms with Crippen molar-refractivity contribution in [1.29, 1.82) is 0 Å². The maximum atomic E-state index is 6.14. The molecular formula is C13H18N2O2S. The van der Waals surface area contributed by atoms with Crippen LogP contribution in [0.1, 0.15) is 6.92 Å². The summed E-state index contributed by atoms with van der Waals surface area (Å²) in [5, 5.41) is 0.645.